The highest BCUT2D eigenvalue weighted by molar-refractivity contribution is 7.07. The van der Waals surface area contributed by atoms with E-state index in [9.17, 15) is 9.59 Å². The number of hydrogen-bond acceptors (Lipinski definition) is 5. The maximum Gasteiger partial charge on any atom is 0.252 e. The van der Waals surface area contributed by atoms with Gasteiger partial charge in [0.25, 0.3) is 5.91 Å². The van der Waals surface area contributed by atoms with Gasteiger partial charge >= 0.3 is 0 Å². The minimum absolute atomic E-state index is 0.0566. The lowest BCUT2D eigenvalue weighted by molar-refractivity contribution is -0.133. The lowest BCUT2D eigenvalue weighted by Gasteiger charge is -2.27. The Balaban J connectivity index is 2.15. The van der Waals surface area contributed by atoms with Crippen molar-refractivity contribution < 1.29 is 19.1 Å². The van der Waals surface area contributed by atoms with Gasteiger partial charge in [-0.3, -0.25) is 9.59 Å². The highest BCUT2D eigenvalue weighted by Gasteiger charge is 2.27. The lowest BCUT2D eigenvalue weighted by atomic mass is 10.0. The molecule has 0 fully saturated rings. The molecule has 0 bridgehead atoms. The summed E-state index contributed by atoms with van der Waals surface area (Å²) in [6, 6.07) is 6.29. The summed E-state index contributed by atoms with van der Waals surface area (Å²) in [5.41, 5.74) is 1.45. The normalized spacial score (nSPS) is 11.8. The van der Waals surface area contributed by atoms with Crippen molar-refractivity contribution in [1.29, 1.82) is 0 Å². The van der Waals surface area contributed by atoms with Crippen molar-refractivity contribution in [2.75, 3.05) is 21.3 Å². The van der Waals surface area contributed by atoms with Gasteiger partial charge in [0.05, 0.1) is 14.2 Å². The molecule has 2 amide bonds. The van der Waals surface area contributed by atoms with Gasteiger partial charge in [-0.05, 0) is 40.4 Å². The van der Waals surface area contributed by atoms with Gasteiger partial charge in [0.1, 0.15) is 17.5 Å². The molecule has 0 aliphatic rings. The van der Waals surface area contributed by atoms with E-state index in [0.29, 0.717) is 23.6 Å². The fraction of sp³-hybridized carbons (Fsp3) is 0.400. The number of ether oxygens (including phenoxy) is 2. The van der Waals surface area contributed by atoms with Crippen LogP contribution in [0.25, 0.3) is 0 Å². The molecule has 7 heteroatoms. The fourth-order valence-electron chi connectivity index (χ4n) is 2.65. The molecule has 1 aromatic carbocycles. The monoisotopic (exact) mass is 390 g/mol. The Hall–Kier alpha value is -2.54. The summed E-state index contributed by atoms with van der Waals surface area (Å²) in [6.07, 6.45) is 0. The van der Waals surface area contributed by atoms with Gasteiger partial charge in [0, 0.05) is 25.2 Å². The maximum absolute atomic E-state index is 12.9. The van der Waals surface area contributed by atoms with Crippen LogP contribution in [-0.4, -0.2) is 44.0 Å². The van der Waals surface area contributed by atoms with Crippen molar-refractivity contribution in [3.63, 3.8) is 0 Å². The van der Waals surface area contributed by atoms with Gasteiger partial charge in [0.15, 0.2) is 0 Å². The number of methoxy groups -OCH3 is 2. The zero-order valence-corrected chi connectivity index (χ0v) is 17.1. The third-order valence-electron chi connectivity index (χ3n) is 4.21. The quantitative estimate of drug-likeness (QED) is 0.752. The minimum atomic E-state index is -0.627. The summed E-state index contributed by atoms with van der Waals surface area (Å²) in [5, 5.41) is 6.84. The van der Waals surface area contributed by atoms with E-state index in [1.54, 1.807) is 41.5 Å². The molecule has 2 rings (SSSR count). The van der Waals surface area contributed by atoms with E-state index in [-0.39, 0.29) is 17.7 Å². The summed E-state index contributed by atoms with van der Waals surface area (Å²) in [4.78, 5) is 27.3. The Labute approximate surface area is 164 Å². The Morgan fingerprint density at radius 3 is 2.26 bits per heavy atom. The van der Waals surface area contributed by atoms with Crippen molar-refractivity contribution in [3.05, 3.63) is 46.2 Å². The van der Waals surface area contributed by atoms with Crippen molar-refractivity contribution in [3.8, 4) is 11.5 Å². The zero-order chi connectivity index (χ0) is 20.0. The van der Waals surface area contributed by atoms with Crippen LogP contribution in [0.1, 0.15) is 29.8 Å². The third-order valence-corrected chi connectivity index (χ3v) is 4.94. The van der Waals surface area contributed by atoms with Gasteiger partial charge in [-0.15, -0.1) is 0 Å². The van der Waals surface area contributed by atoms with Crippen LogP contribution >= 0.6 is 11.3 Å². The van der Waals surface area contributed by atoms with Gasteiger partial charge < -0.3 is 19.7 Å². The van der Waals surface area contributed by atoms with Crippen LogP contribution in [0.2, 0.25) is 0 Å². The summed E-state index contributed by atoms with van der Waals surface area (Å²) < 4.78 is 10.4. The molecule has 1 N–H and O–H groups in total. The molecule has 0 aliphatic heterocycles. The van der Waals surface area contributed by atoms with E-state index < -0.39 is 6.04 Å². The van der Waals surface area contributed by atoms with Crippen molar-refractivity contribution >= 4 is 23.2 Å². The molecule has 0 saturated carbocycles. The number of thiophene rings is 1. The first-order valence-corrected chi connectivity index (χ1v) is 9.60. The first kappa shape index (κ1) is 20.8. The molecule has 27 heavy (non-hydrogen) atoms. The highest BCUT2D eigenvalue weighted by atomic mass is 32.1. The number of hydrogen-bond donors (Lipinski definition) is 1. The Kier molecular flexibility index (Phi) is 7.24. The van der Waals surface area contributed by atoms with Crippen LogP contribution in [0.15, 0.2) is 35.0 Å². The van der Waals surface area contributed by atoms with Crippen LogP contribution in [0.4, 0.5) is 0 Å². The number of benzene rings is 1. The molecular formula is C20H26N2O4S. The Bertz CT molecular complexity index is 752. The fourth-order valence-corrected chi connectivity index (χ4v) is 3.31. The average molecular weight is 391 g/mol. The number of carbonyl (C=O) groups excluding carboxylic acids is 2. The van der Waals surface area contributed by atoms with Gasteiger partial charge in [-0.25, -0.2) is 0 Å². The molecule has 0 unspecified atom stereocenters. The van der Waals surface area contributed by atoms with Crippen molar-refractivity contribution in [1.82, 2.24) is 10.2 Å². The zero-order valence-electron chi connectivity index (χ0n) is 16.3. The van der Waals surface area contributed by atoms with E-state index in [4.69, 9.17) is 9.47 Å². The Morgan fingerprint density at radius 2 is 1.78 bits per heavy atom. The summed E-state index contributed by atoms with van der Waals surface area (Å²) in [5.74, 6) is 0.504. The van der Waals surface area contributed by atoms with Crippen molar-refractivity contribution in [2.24, 2.45) is 5.92 Å². The maximum atomic E-state index is 12.9. The molecule has 146 valence electrons. The standard InChI is InChI=1S/C20H26N2O4S/c1-13(2)18(20(24)22(3)11-14-6-7-27-12-14)21-19(23)15-8-16(25-4)10-17(9-15)26-5/h6-10,12-13,18H,11H2,1-5H3,(H,21,23)/t18-/m1/s1. The second-order valence-corrected chi connectivity index (χ2v) is 7.40. The highest BCUT2D eigenvalue weighted by Crippen LogP contribution is 2.23. The van der Waals surface area contributed by atoms with Crippen LogP contribution in [0.5, 0.6) is 11.5 Å². The number of rotatable bonds is 8. The molecule has 0 aliphatic carbocycles. The summed E-state index contributed by atoms with van der Waals surface area (Å²) >= 11 is 1.59. The topological polar surface area (TPSA) is 67.9 Å². The van der Waals surface area contributed by atoms with Crippen LogP contribution < -0.4 is 14.8 Å². The van der Waals surface area contributed by atoms with E-state index in [2.05, 4.69) is 5.32 Å². The van der Waals surface area contributed by atoms with Gasteiger partial charge in [0.2, 0.25) is 5.91 Å². The number of carbonyl (C=O) groups is 2. The molecule has 0 saturated heterocycles. The first-order valence-electron chi connectivity index (χ1n) is 8.65. The molecular weight excluding hydrogens is 364 g/mol. The largest absolute Gasteiger partial charge is 0.497 e. The molecule has 1 heterocycles. The van der Waals surface area contributed by atoms with E-state index >= 15 is 0 Å². The molecule has 6 nitrogen and oxygen atoms in total. The summed E-state index contributed by atoms with van der Waals surface area (Å²) in [6.45, 7) is 4.33. The average Bonchev–Trinajstić information content (AvgIpc) is 3.17. The number of amides is 2. The molecule has 1 atom stereocenters. The van der Waals surface area contributed by atoms with Gasteiger partial charge in [-0.1, -0.05) is 13.8 Å². The second-order valence-electron chi connectivity index (χ2n) is 6.62. The van der Waals surface area contributed by atoms with Crippen LogP contribution in [-0.2, 0) is 11.3 Å². The predicted molar refractivity (Wildman–Crippen MR) is 106 cm³/mol. The van der Waals surface area contributed by atoms with E-state index in [1.807, 2.05) is 30.7 Å². The second kappa shape index (κ2) is 9.41. The van der Waals surface area contributed by atoms with Crippen molar-refractivity contribution in [2.45, 2.75) is 26.4 Å². The SMILES string of the molecule is COc1cc(OC)cc(C(=O)N[C@@H](C(=O)N(C)Cc2ccsc2)C(C)C)c1. The first-order chi connectivity index (χ1) is 12.8. The third kappa shape index (κ3) is 5.47. The number of likely N-dealkylation sites (N-methyl/N-ethyl adjacent to an activating group) is 1. The van der Waals surface area contributed by atoms with Crippen LogP contribution in [0, 0.1) is 5.92 Å². The molecule has 0 radical (unpaired) electrons. The lowest BCUT2D eigenvalue weighted by Crippen LogP contribution is -2.50. The van der Waals surface area contributed by atoms with E-state index in [0.717, 1.165) is 5.56 Å². The number of nitrogens with one attached hydrogen (secondary N) is 1. The molecule has 0 spiro atoms. The van der Waals surface area contributed by atoms with Crippen LogP contribution in [0.3, 0.4) is 0 Å². The molecule has 1 aromatic heterocycles. The minimum Gasteiger partial charge on any atom is -0.497 e. The van der Waals surface area contributed by atoms with Gasteiger partial charge in [-0.2, -0.15) is 11.3 Å². The van der Waals surface area contributed by atoms with E-state index in [1.165, 1.54) is 14.2 Å². The predicted octanol–water partition coefficient (Wildman–Crippen LogP) is 3.18. The molecule has 2 aromatic rings. The summed E-state index contributed by atoms with van der Waals surface area (Å²) in [7, 11) is 4.79. The Morgan fingerprint density at radius 1 is 1.15 bits per heavy atom. The number of nitrogens with zero attached hydrogens (tertiary/aromatic N) is 1. The smallest absolute Gasteiger partial charge is 0.252 e.